The number of benzene rings is 2. The molecule has 7 heterocycles. The smallest absolute Gasteiger partial charge is 0.329 e. The molecule has 4 fully saturated rings. The molecule has 10 rings (SSSR count). The molecule has 55 heavy (non-hydrogen) atoms. The number of para-hydroxylation sites is 1. The van der Waals surface area contributed by atoms with Crippen LogP contribution in [0.3, 0.4) is 0 Å². The van der Waals surface area contributed by atoms with Gasteiger partial charge in [0.1, 0.15) is 11.6 Å². The molecule has 15 nitrogen and oxygen atoms in total. The zero-order valence-corrected chi connectivity index (χ0v) is 30.3. The number of hydrogen-bond donors (Lipinski definition) is 2. The molecule has 1 saturated carbocycles. The predicted octanol–water partition coefficient (Wildman–Crippen LogP) is 3.71. The standard InChI is InChI=1S/C39H40FN11O4/c1-46-34-30(4-2-5-31(34)51(38(46)55)32-8-9-33(52)44-37(32)54)48-21-39(40,22-48)20-47-14-10-25(11-15-47)50-19-24-16-29(26(23-6-7-23)17-28(24)45-50)43-36(53)27-18-42-49-13-3-12-41-35(27)49/h2-5,12-13,16-19,23,25,32H,6-11,14-15,20-22H2,1H3,(H,43,53)(H,44,52,54). The highest BCUT2D eigenvalue weighted by Crippen LogP contribution is 2.45. The number of rotatable bonds is 8. The van der Waals surface area contributed by atoms with Crippen LogP contribution in [-0.4, -0.2) is 94.5 Å². The molecule has 3 saturated heterocycles. The fourth-order valence-electron chi connectivity index (χ4n) is 8.86. The van der Waals surface area contributed by atoms with Crippen LogP contribution in [0, 0.1) is 0 Å². The first-order chi connectivity index (χ1) is 26.6. The van der Waals surface area contributed by atoms with E-state index in [9.17, 15) is 19.2 Å². The van der Waals surface area contributed by atoms with Gasteiger partial charge in [-0.1, -0.05) is 6.07 Å². The summed E-state index contributed by atoms with van der Waals surface area (Å²) in [6, 6.07) is 10.8. The average Bonchev–Trinajstić information content (AvgIpc) is 3.69. The van der Waals surface area contributed by atoms with Crippen molar-refractivity contribution in [3.8, 4) is 0 Å². The fraction of sp³-hybridized carbons (Fsp3) is 0.410. The lowest BCUT2D eigenvalue weighted by Gasteiger charge is -2.48. The minimum atomic E-state index is -1.40. The number of fused-ring (bicyclic) bond motifs is 3. The molecule has 3 aliphatic heterocycles. The quantitative estimate of drug-likeness (QED) is 0.222. The molecule has 1 aliphatic carbocycles. The highest BCUT2D eigenvalue weighted by Gasteiger charge is 2.46. The third-order valence-corrected chi connectivity index (χ3v) is 11.8. The predicted molar refractivity (Wildman–Crippen MR) is 202 cm³/mol. The van der Waals surface area contributed by atoms with Gasteiger partial charge in [-0.05, 0) is 73.9 Å². The summed E-state index contributed by atoms with van der Waals surface area (Å²) in [4.78, 5) is 59.7. The molecule has 3 amide bonds. The monoisotopic (exact) mass is 745 g/mol. The van der Waals surface area contributed by atoms with Crippen molar-refractivity contribution in [1.82, 2.24) is 43.7 Å². The lowest BCUT2D eigenvalue weighted by molar-refractivity contribution is -0.135. The number of carbonyl (C=O) groups is 3. The van der Waals surface area contributed by atoms with Crippen LogP contribution in [0.4, 0.5) is 15.8 Å². The lowest BCUT2D eigenvalue weighted by Crippen LogP contribution is -2.64. The molecule has 0 radical (unpaired) electrons. The second kappa shape index (κ2) is 12.6. The summed E-state index contributed by atoms with van der Waals surface area (Å²) in [6.45, 7) is 2.20. The maximum Gasteiger partial charge on any atom is 0.329 e. The first-order valence-corrected chi connectivity index (χ1v) is 18.9. The van der Waals surface area contributed by atoms with Crippen LogP contribution in [0.5, 0.6) is 0 Å². The van der Waals surface area contributed by atoms with Crippen LogP contribution in [-0.2, 0) is 16.6 Å². The number of hydrogen-bond acceptors (Lipinski definition) is 9. The number of imide groups is 1. The molecule has 282 valence electrons. The largest absolute Gasteiger partial charge is 0.363 e. The van der Waals surface area contributed by atoms with Gasteiger partial charge >= 0.3 is 5.69 Å². The second-order valence-corrected chi connectivity index (χ2v) is 15.6. The van der Waals surface area contributed by atoms with Gasteiger partial charge in [0.2, 0.25) is 11.8 Å². The van der Waals surface area contributed by atoms with Crippen molar-refractivity contribution in [3.63, 3.8) is 0 Å². The van der Waals surface area contributed by atoms with E-state index in [1.54, 1.807) is 42.3 Å². The Morgan fingerprint density at radius 2 is 1.87 bits per heavy atom. The molecule has 1 atom stereocenters. The van der Waals surface area contributed by atoms with E-state index < -0.39 is 17.6 Å². The van der Waals surface area contributed by atoms with E-state index in [-0.39, 0.29) is 49.5 Å². The number of alkyl halides is 1. The summed E-state index contributed by atoms with van der Waals surface area (Å²) in [5, 5.41) is 15.7. The van der Waals surface area contributed by atoms with Gasteiger partial charge < -0.3 is 10.2 Å². The van der Waals surface area contributed by atoms with Crippen molar-refractivity contribution in [2.45, 2.75) is 62.2 Å². The van der Waals surface area contributed by atoms with Gasteiger partial charge in [-0.2, -0.15) is 10.2 Å². The first kappa shape index (κ1) is 33.7. The highest BCUT2D eigenvalue weighted by atomic mass is 19.1. The first-order valence-electron chi connectivity index (χ1n) is 18.9. The minimum absolute atomic E-state index is 0.166. The maximum absolute atomic E-state index is 16.3. The Balaban J connectivity index is 0.800. The SMILES string of the molecule is Cn1c(=O)n(C2CCC(=O)NC2=O)c2cccc(N3CC(F)(CN4CCC(n5cc6cc(NC(=O)c7cnn8cccnc78)c(C7CC7)cc6n5)CC4)C3)c21. The number of aromatic nitrogens is 7. The normalized spacial score (nSPS) is 20.7. The molecule has 0 spiro atoms. The number of nitrogens with one attached hydrogen (secondary N) is 2. The van der Waals surface area contributed by atoms with Gasteiger partial charge in [-0.3, -0.25) is 38.4 Å². The van der Waals surface area contributed by atoms with E-state index in [1.807, 2.05) is 27.8 Å². The Bertz CT molecular complexity index is 2600. The van der Waals surface area contributed by atoms with E-state index in [4.69, 9.17) is 5.10 Å². The summed E-state index contributed by atoms with van der Waals surface area (Å²) < 4.78 is 22.9. The van der Waals surface area contributed by atoms with Crippen LogP contribution in [0.2, 0.25) is 0 Å². The Morgan fingerprint density at radius 1 is 1.05 bits per heavy atom. The topological polar surface area (TPSA) is 157 Å². The van der Waals surface area contributed by atoms with E-state index >= 15 is 4.39 Å². The summed E-state index contributed by atoms with van der Waals surface area (Å²) in [7, 11) is 1.66. The zero-order valence-electron chi connectivity index (χ0n) is 30.3. The second-order valence-electron chi connectivity index (χ2n) is 15.6. The summed E-state index contributed by atoms with van der Waals surface area (Å²) in [6.07, 6.45) is 11.3. The van der Waals surface area contributed by atoms with Gasteiger partial charge in [0.05, 0.1) is 47.6 Å². The van der Waals surface area contributed by atoms with E-state index in [0.29, 0.717) is 34.7 Å². The van der Waals surface area contributed by atoms with Crippen molar-refractivity contribution >= 4 is 56.7 Å². The van der Waals surface area contributed by atoms with Crippen molar-refractivity contribution in [2.24, 2.45) is 7.05 Å². The van der Waals surface area contributed by atoms with Crippen LogP contribution in [0.1, 0.15) is 72.4 Å². The Hall–Kier alpha value is -5.90. The summed E-state index contributed by atoms with van der Waals surface area (Å²) >= 11 is 0. The van der Waals surface area contributed by atoms with Crippen molar-refractivity contribution in [1.29, 1.82) is 0 Å². The molecule has 2 aromatic carbocycles. The minimum Gasteiger partial charge on any atom is -0.363 e. The Kier molecular flexibility index (Phi) is 7.70. The number of likely N-dealkylation sites (tertiary alicyclic amines) is 1. The third-order valence-electron chi connectivity index (χ3n) is 11.8. The number of aryl methyl sites for hydroxylation is 1. The summed E-state index contributed by atoms with van der Waals surface area (Å²) in [5.41, 5.74) is 3.95. The number of amides is 3. The molecule has 16 heteroatoms. The van der Waals surface area contributed by atoms with Gasteiger partial charge in [-0.25, -0.2) is 18.7 Å². The number of anilines is 2. The number of imidazole rings is 1. The van der Waals surface area contributed by atoms with Gasteiger partial charge in [0.15, 0.2) is 11.3 Å². The van der Waals surface area contributed by atoms with Crippen LogP contribution in [0.25, 0.3) is 27.6 Å². The van der Waals surface area contributed by atoms with E-state index in [2.05, 4.69) is 37.9 Å². The molecule has 0 bridgehead atoms. The number of halogens is 1. The van der Waals surface area contributed by atoms with Crippen molar-refractivity contribution in [3.05, 3.63) is 82.8 Å². The van der Waals surface area contributed by atoms with Gasteiger partial charge in [0, 0.05) is 62.8 Å². The Morgan fingerprint density at radius 3 is 2.65 bits per heavy atom. The molecule has 6 aromatic rings. The Labute approximate surface area is 313 Å². The number of carbonyl (C=O) groups excluding carboxylic acids is 3. The average molecular weight is 746 g/mol. The fourth-order valence-corrected chi connectivity index (χ4v) is 8.86. The van der Waals surface area contributed by atoms with E-state index in [0.717, 1.165) is 66.6 Å². The van der Waals surface area contributed by atoms with Crippen molar-refractivity contribution in [2.75, 3.05) is 42.9 Å². The van der Waals surface area contributed by atoms with Crippen LogP contribution >= 0.6 is 0 Å². The lowest BCUT2D eigenvalue weighted by atomic mass is 9.93. The van der Waals surface area contributed by atoms with E-state index in [1.165, 1.54) is 9.13 Å². The molecular formula is C39H40FN11O4. The van der Waals surface area contributed by atoms with Crippen LogP contribution < -0.4 is 21.2 Å². The molecule has 4 aromatic heterocycles. The number of nitrogens with zero attached hydrogens (tertiary/aromatic N) is 9. The highest BCUT2D eigenvalue weighted by molar-refractivity contribution is 6.09. The molecule has 4 aliphatic rings. The van der Waals surface area contributed by atoms with Gasteiger partial charge in [0.25, 0.3) is 5.91 Å². The van der Waals surface area contributed by atoms with Gasteiger partial charge in [-0.15, -0.1) is 0 Å². The van der Waals surface area contributed by atoms with Crippen molar-refractivity contribution < 1.29 is 18.8 Å². The molecular weight excluding hydrogens is 705 g/mol. The maximum atomic E-state index is 16.3. The molecule has 2 N–H and O–H groups in total. The summed E-state index contributed by atoms with van der Waals surface area (Å²) in [5.74, 6) is -0.677. The zero-order chi connectivity index (χ0) is 37.6. The molecule has 1 unspecified atom stereocenters. The third kappa shape index (κ3) is 5.77. The van der Waals surface area contributed by atoms with Crippen LogP contribution in [0.15, 0.2) is 66.0 Å². The number of piperidine rings is 2.